The van der Waals surface area contributed by atoms with Crippen LogP contribution in [0.25, 0.3) is 5.57 Å². The van der Waals surface area contributed by atoms with Crippen molar-refractivity contribution in [1.82, 2.24) is 4.90 Å². The average molecular weight is 406 g/mol. The molecule has 0 radical (unpaired) electrons. The average Bonchev–Trinajstić information content (AvgIpc) is 3.37. The highest BCUT2D eigenvalue weighted by Crippen LogP contribution is 2.52. The molecule has 0 unspecified atom stereocenters. The van der Waals surface area contributed by atoms with E-state index in [1.165, 1.54) is 42.5 Å². The van der Waals surface area contributed by atoms with Gasteiger partial charge in [-0.2, -0.15) is 0 Å². The SMILES string of the molecule is CC1(C)CC(c2cc(F)ccc2C2=CCN(CC3CC3)CC2)CC(C)(C)C1.Cl. The molecule has 2 aliphatic carbocycles. The van der Waals surface area contributed by atoms with E-state index in [0.717, 1.165) is 38.3 Å². The molecule has 0 amide bonds. The molecule has 0 spiro atoms. The van der Waals surface area contributed by atoms with E-state index in [1.54, 1.807) is 6.07 Å². The van der Waals surface area contributed by atoms with Crippen LogP contribution in [0.5, 0.6) is 0 Å². The van der Waals surface area contributed by atoms with Crippen molar-refractivity contribution in [3.63, 3.8) is 0 Å². The van der Waals surface area contributed by atoms with Gasteiger partial charge in [-0.15, -0.1) is 12.4 Å². The fourth-order valence-corrected chi connectivity index (χ4v) is 6.02. The van der Waals surface area contributed by atoms with Gasteiger partial charge in [0.05, 0.1) is 0 Å². The molecule has 0 atom stereocenters. The molecule has 1 aliphatic heterocycles. The summed E-state index contributed by atoms with van der Waals surface area (Å²) in [6.45, 7) is 13.0. The van der Waals surface area contributed by atoms with Crippen molar-refractivity contribution in [2.45, 2.75) is 72.1 Å². The molecule has 2 saturated carbocycles. The third-order valence-corrected chi connectivity index (χ3v) is 6.86. The lowest BCUT2D eigenvalue weighted by Crippen LogP contribution is -2.33. The second kappa shape index (κ2) is 8.11. The van der Waals surface area contributed by atoms with E-state index in [0.29, 0.717) is 16.7 Å². The molecule has 1 aromatic carbocycles. The van der Waals surface area contributed by atoms with Gasteiger partial charge in [0, 0.05) is 19.6 Å². The lowest BCUT2D eigenvalue weighted by Gasteiger charge is -2.45. The van der Waals surface area contributed by atoms with Crippen LogP contribution in [0.3, 0.4) is 0 Å². The van der Waals surface area contributed by atoms with Crippen LogP contribution in [-0.4, -0.2) is 24.5 Å². The van der Waals surface area contributed by atoms with Crippen LogP contribution >= 0.6 is 12.4 Å². The van der Waals surface area contributed by atoms with Crippen molar-refractivity contribution in [2.24, 2.45) is 16.7 Å². The van der Waals surface area contributed by atoms with E-state index >= 15 is 0 Å². The summed E-state index contributed by atoms with van der Waals surface area (Å²) in [6.07, 6.45) is 9.93. The van der Waals surface area contributed by atoms with Crippen molar-refractivity contribution >= 4 is 18.0 Å². The third kappa shape index (κ3) is 5.19. The smallest absolute Gasteiger partial charge is 0.123 e. The highest BCUT2D eigenvalue weighted by molar-refractivity contribution is 5.85. The zero-order valence-corrected chi connectivity index (χ0v) is 18.9. The molecule has 0 N–H and O–H groups in total. The Morgan fingerprint density at radius 2 is 1.75 bits per heavy atom. The molecule has 1 aromatic rings. The largest absolute Gasteiger partial charge is 0.299 e. The van der Waals surface area contributed by atoms with Gasteiger partial charge in [0.2, 0.25) is 0 Å². The molecule has 0 bridgehead atoms. The monoisotopic (exact) mass is 405 g/mol. The number of rotatable bonds is 4. The molecule has 1 heterocycles. The van der Waals surface area contributed by atoms with E-state index < -0.39 is 0 Å². The Bertz CT molecular complexity index is 716. The maximum Gasteiger partial charge on any atom is 0.123 e. The van der Waals surface area contributed by atoms with E-state index in [4.69, 9.17) is 0 Å². The molecule has 156 valence electrons. The zero-order chi connectivity index (χ0) is 19.2. The molecule has 4 rings (SSSR count). The van der Waals surface area contributed by atoms with Crippen molar-refractivity contribution in [3.8, 4) is 0 Å². The highest BCUT2D eigenvalue weighted by atomic mass is 35.5. The van der Waals surface area contributed by atoms with Crippen molar-refractivity contribution in [2.75, 3.05) is 19.6 Å². The fourth-order valence-electron chi connectivity index (χ4n) is 6.02. The lowest BCUT2D eigenvalue weighted by atomic mass is 9.59. The summed E-state index contributed by atoms with van der Waals surface area (Å²) in [5, 5.41) is 0. The molecule has 1 nitrogen and oxygen atoms in total. The van der Waals surface area contributed by atoms with Crippen molar-refractivity contribution in [3.05, 3.63) is 41.2 Å². The highest BCUT2D eigenvalue weighted by Gasteiger charge is 2.39. The Labute approximate surface area is 177 Å². The molecule has 3 aliphatic rings. The minimum Gasteiger partial charge on any atom is -0.299 e. The van der Waals surface area contributed by atoms with Gasteiger partial charge in [-0.05, 0) is 90.0 Å². The van der Waals surface area contributed by atoms with Crippen LogP contribution in [-0.2, 0) is 0 Å². The Kier molecular flexibility index (Phi) is 6.32. The first-order valence-electron chi connectivity index (χ1n) is 10.9. The molecule has 0 saturated heterocycles. The quantitative estimate of drug-likeness (QED) is 0.517. The first-order valence-corrected chi connectivity index (χ1v) is 10.9. The fraction of sp³-hybridized carbons (Fsp3) is 0.680. The number of halogens is 2. The topological polar surface area (TPSA) is 3.24 Å². The predicted octanol–water partition coefficient (Wildman–Crippen LogP) is 7.07. The lowest BCUT2D eigenvalue weighted by molar-refractivity contribution is 0.0967. The van der Waals surface area contributed by atoms with Gasteiger partial charge in [-0.3, -0.25) is 4.90 Å². The maximum atomic E-state index is 14.2. The summed E-state index contributed by atoms with van der Waals surface area (Å²) in [5.41, 5.74) is 4.66. The number of hydrogen-bond acceptors (Lipinski definition) is 1. The van der Waals surface area contributed by atoms with Crippen LogP contribution in [0, 0.1) is 22.6 Å². The van der Waals surface area contributed by atoms with Gasteiger partial charge in [-0.1, -0.05) is 39.8 Å². The third-order valence-electron chi connectivity index (χ3n) is 6.86. The number of nitrogens with zero attached hydrogens (tertiary/aromatic N) is 1. The first kappa shape index (κ1) is 21.8. The summed E-state index contributed by atoms with van der Waals surface area (Å²) in [4.78, 5) is 2.59. The predicted molar refractivity (Wildman–Crippen MR) is 120 cm³/mol. The van der Waals surface area contributed by atoms with Crippen LogP contribution in [0.1, 0.15) is 83.3 Å². The van der Waals surface area contributed by atoms with Gasteiger partial charge in [-0.25, -0.2) is 4.39 Å². The van der Waals surface area contributed by atoms with E-state index in [-0.39, 0.29) is 18.2 Å². The minimum atomic E-state index is -0.0818. The Hall–Kier alpha value is -0.860. The maximum absolute atomic E-state index is 14.2. The van der Waals surface area contributed by atoms with Gasteiger partial charge < -0.3 is 0 Å². The normalized spacial score (nSPS) is 25.1. The number of benzene rings is 1. The van der Waals surface area contributed by atoms with Crippen molar-refractivity contribution in [1.29, 1.82) is 0 Å². The van der Waals surface area contributed by atoms with E-state index in [9.17, 15) is 4.39 Å². The molecule has 2 fully saturated rings. The summed E-state index contributed by atoms with van der Waals surface area (Å²) in [5.74, 6) is 1.33. The second-order valence-corrected chi connectivity index (χ2v) is 11.0. The van der Waals surface area contributed by atoms with Gasteiger partial charge >= 0.3 is 0 Å². The Morgan fingerprint density at radius 1 is 1.07 bits per heavy atom. The summed E-state index contributed by atoms with van der Waals surface area (Å²) >= 11 is 0. The molecular weight excluding hydrogens is 369 g/mol. The summed E-state index contributed by atoms with van der Waals surface area (Å²) < 4.78 is 14.2. The Balaban J connectivity index is 0.00000225. The van der Waals surface area contributed by atoms with Gasteiger partial charge in [0.1, 0.15) is 5.82 Å². The summed E-state index contributed by atoms with van der Waals surface area (Å²) in [7, 11) is 0. The molecule has 28 heavy (non-hydrogen) atoms. The van der Waals surface area contributed by atoms with E-state index in [2.05, 4.69) is 44.7 Å². The van der Waals surface area contributed by atoms with Crippen LogP contribution < -0.4 is 0 Å². The van der Waals surface area contributed by atoms with Crippen LogP contribution in [0.15, 0.2) is 24.3 Å². The second-order valence-electron chi connectivity index (χ2n) is 11.0. The van der Waals surface area contributed by atoms with Gasteiger partial charge in [0.15, 0.2) is 0 Å². The van der Waals surface area contributed by atoms with Crippen LogP contribution in [0.4, 0.5) is 4.39 Å². The van der Waals surface area contributed by atoms with Crippen molar-refractivity contribution < 1.29 is 4.39 Å². The molecular formula is C25H37ClFN. The standard InChI is InChI=1S/C25H36FN.ClH/c1-24(2)14-20(15-25(3,4)17-24)23-13-21(26)7-8-22(23)19-9-11-27(12-10-19)16-18-5-6-18;/h7-9,13,18,20H,5-6,10-12,14-17H2,1-4H3;1H. The molecule has 3 heteroatoms. The number of hydrogen-bond donors (Lipinski definition) is 0. The molecule has 0 aromatic heterocycles. The summed E-state index contributed by atoms with van der Waals surface area (Å²) in [6, 6.07) is 5.56. The first-order chi connectivity index (χ1) is 12.7. The van der Waals surface area contributed by atoms with E-state index in [1.807, 2.05) is 6.07 Å². The minimum absolute atomic E-state index is 0. The Morgan fingerprint density at radius 3 is 2.32 bits per heavy atom. The van der Waals surface area contributed by atoms with Crippen LogP contribution in [0.2, 0.25) is 0 Å². The zero-order valence-electron chi connectivity index (χ0n) is 18.1. The van der Waals surface area contributed by atoms with Gasteiger partial charge in [0.25, 0.3) is 0 Å².